The van der Waals surface area contributed by atoms with Crippen LogP contribution in [0.4, 0.5) is 0 Å². The first-order chi connectivity index (χ1) is 9.81. The maximum absolute atomic E-state index is 4.35. The molecule has 0 aliphatic carbocycles. The van der Waals surface area contributed by atoms with Gasteiger partial charge in [0.1, 0.15) is 0 Å². The highest BCUT2D eigenvalue weighted by atomic mass is 79.9. The minimum absolute atomic E-state index is 0.501. The highest BCUT2D eigenvalue weighted by Crippen LogP contribution is 2.39. The third-order valence-electron chi connectivity index (χ3n) is 4.25. The standard InChI is InChI=1S/C16H20BrN3/c1-2-20-11-19-10-16(20)13-7-8-18-9-14(13)12-5-3-4-6-15(12)17/h3-6,10-11,13-14,18H,2,7-9H2,1H3. The Labute approximate surface area is 128 Å². The molecule has 1 aromatic carbocycles. The molecule has 2 unspecified atom stereocenters. The average Bonchev–Trinajstić information content (AvgIpc) is 2.96. The first-order valence-electron chi connectivity index (χ1n) is 7.26. The van der Waals surface area contributed by atoms with Gasteiger partial charge in [-0.3, -0.25) is 0 Å². The molecule has 1 aliphatic heterocycles. The van der Waals surface area contributed by atoms with Gasteiger partial charge < -0.3 is 9.88 Å². The van der Waals surface area contributed by atoms with Crippen molar-refractivity contribution in [3.63, 3.8) is 0 Å². The van der Waals surface area contributed by atoms with Crippen LogP contribution in [0.3, 0.4) is 0 Å². The van der Waals surface area contributed by atoms with Crippen molar-refractivity contribution in [3.8, 4) is 0 Å². The number of hydrogen-bond acceptors (Lipinski definition) is 2. The summed E-state index contributed by atoms with van der Waals surface area (Å²) in [4.78, 5) is 4.35. The Morgan fingerprint density at radius 2 is 2.20 bits per heavy atom. The van der Waals surface area contributed by atoms with Gasteiger partial charge in [-0.2, -0.15) is 0 Å². The van der Waals surface area contributed by atoms with Crippen molar-refractivity contribution >= 4 is 15.9 Å². The molecular weight excluding hydrogens is 314 g/mol. The Morgan fingerprint density at radius 1 is 1.35 bits per heavy atom. The zero-order valence-corrected chi connectivity index (χ0v) is 13.3. The minimum Gasteiger partial charge on any atom is -0.335 e. The van der Waals surface area contributed by atoms with Gasteiger partial charge in [-0.05, 0) is 31.5 Å². The molecule has 1 aromatic heterocycles. The van der Waals surface area contributed by atoms with E-state index >= 15 is 0 Å². The summed E-state index contributed by atoms with van der Waals surface area (Å²) in [6.45, 7) is 5.28. The first-order valence-corrected chi connectivity index (χ1v) is 8.05. The van der Waals surface area contributed by atoms with Gasteiger partial charge in [-0.1, -0.05) is 34.1 Å². The van der Waals surface area contributed by atoms with Gasteiger partial charge >= 0.3 is 0 Å². The second-order valence-electron chi connectivity index (χ2n) is 5.33. The summed E-state index contributed by atoms with van der Waals surface area (Å²) in [6, 6.07) is 8.58. The number of aryl methyl sites for hydroxylation is 1. The van der Waals surface area contributed by atoms with E-state index in [1.165, 1.54) is 15.7 Å². The van der Waals surface area contributed by atoms with E-state index in [1.807, 2.05) is 12.5 Å². The summed E-state index contributed by atoms with van der Waals surface area (Å²) in [5, 5.41) is 3.54. The second-order valence-corrected chi connectivity index (χ2v) is 6.19. The Kier molecular flexibility index (Phi) is 4.22. The minimum atomic E-state index is 0.501. The smallest absolute Gasteiger partial charge is 0.0948 e. The molecule has 1 fully saturated rings. The third-order valence-corrected chi connectivity index (χ3v) is 4.97. The molecule has 2 heterocycles. The fourth-order valence-electron chi connectivity index (χ4n) is 3.22. The van der Waals surface area contributed by atoms with Crippen LogP contribution in [0, 0.1) is 0 Å². The summed E-state index contributed by atoms with van der Waals surface area (Å²) in [5.41, 5.74) is 2.77. The topological polar surface area (TPSA) is 29.9 Å². The Morgan fingerprint density at radius 3 is 3.00 bits per heavy atom. The Hall–Kier alpha value is -1.13. The molecule has 3 nitrogen and oxygen atoms in total. The molecule has 0 spiro atoms. The largest absolute Gasteiger partial charge is 0.335 e. The molecule has 106 valence electrons. The summed E-state index contributed by atoms with van der Waals surface area (Å²) in [7, 11) is 0. The molecule has 2 aromatic rings. The molecule has 4 heteroatoms. The fraction of sp³-hybridized carbons (Fsp3) is 0.438. The number of nitrogens with one attached hydrogen (secondary N) is 1. The molecule has 2 atom stereocenters. The highest BCUT2D eigenvalue weighted by Gasteiger charge is 2.30. The van der Waals surface area contributed by atoms with Crippen LogP contribution < -0.4 is 5.32 Å². The maximum atomic E-state index is 4.35. The molecule has 1 aliphatic rings. The SMILES string of the molecule is CCn1cncc1C1CCNCC1c1ccccc1Br. The van der Waals surface area contributed by atoms with Crippen LogP contribution in [0.5, 0.6) is 0 Å². The van der Waals surface area contributed by atoms with Gasteiger partial charge in [0.05, 0.1) is 6.33 Å². The molecule has 0 saturated carbocycles. The molecule has 1 N–H and O–H groups in total. The normalized spacial score (nSPS) is 22.9. The van der Waals surface area contributed by atoms with E-state index in [0.717, 1.165) is 26.1 Å². The lowest BCUT2D eigenvalue weighted by molar-refractivity contribution is 0.388. The van der Waals surface area contributed by atoms with Crippen LogP contribution in [0.1, 0.15) is 36.4 Å². The van der Waals surface area contributed by atoms with Crippen molar-refractivity contribution in [2.24, 2.45) is 0 Å². The van der Waals surface area contributed by atoms with Crippen LogP contribution in [0.25, 0.3) is 0 Å². The summed E-state index contributed by atoms with van der Waals surface area (Å²) < 4.78 is 3.49. The van der Waals surface area contributed by atoms with Crippen molar-refractivity contribution < 1.29 is 0 Å². The number of halogens is 1. The highest BCUT2D eigenvalue weighted by molar-refractivity contribution is 9.10. The van der Waals surface area contributed by atoms with Crippen molar-refractivity contribution in [1.29, 1.82) is 0 Å². The number of imidazole rings is 1. The van der Waals surface area contributed by atoms with Gasteiger partial charge in [0, 0.05) is 41.3 Å². The molecule has 1 saturated heterocycles. The lowest BCUT2D eigenvalue weighted by Gasteiger charge is -2.33. The van der Waals surface area contributed by atoms with Crippen LogP contribution in [0.15, 0.2) is 41.3 Å². The average molecular weight is 334 g/mol. The molecule has 0 radical (unpaired) electrons. The zero-order valence-electron chi connectivity index (χ0n) is 11.7. The van der Waals surface area contributed by atoms with E-state index in [4.69, 9.17) is 0 Å². The van der Waals surface area contributed by atoms with Crippen molar-refractivity contribution in [2.45, 2.75) is 31.7 Å². The first kappa shape index (κ1) is 13.8. The van der Waals surface area contributed by atoms with E-state index in [9.17, 15) is 0 Å². The number of nitrogens with zero attached hydrogens (tertiary/aromatic N) is 2. The lowest BCUT2D eigenvalue weighted by atomic mass is 9.79. The van der Waals surface area contributed by atoms with Crippen LogP contribution in [0.2, 0.25) is 0 Å². The van der Waals surface area contributed by atoms with E-state index in [1.54, 1.807) is 0 Å². The number of piperidine rings is 1. The van der Waals surface area contributed by atoms with E-state index in [2.05, 4.69) is 62.0 Å². The van der Waals surface area contributed by atoms with E-state index in [-0.39, 0.29) is 0 Å². The van der Waals surface area contributed by atoms with Crippen molar-refractivity contribution in [2.75, 3.05) is 13.1 Å². The Balaban J connectivity index is 1.98. The van der Waals surface area contributed by atoms with Gasteiger partial charge in [0.25, 0.3) is 0 Å². The van der Waals surface area contributed by atoms with Crippen molar-refractivity contribution in [3.05, 3.63) is 52.5 Å². The van der Waals surface area contributed by atoms with Gasteiger partial charge in [-0.25, -0.2) is 4.98 Å². The van der Waals surface area contributed by atoms with E-state index < -0.39 is 0 Å². The predicted octanol–water partition coefficient (Wildman–Crippen LogP) is 3.53. The van der Waals surface area contributed by atoms with Crippen LogP contribution in [-0.2, 0) is 6.54 Å². The number of rotatable bonds is 3. The molecular formula is C16H20BrN3. The molecule has 0 bridgehead atoms. The predicted molar refractivity (Wildman–Crippen MR) is 85.0 cm³/mol. The lowest BCUT2D eigenvalue weighted by Crippen LogP contribution is -2.35. The van der Waals surface area contributed by atoms with Gasteiger partial charge in [0.2, 0.25) is 0 Å². The number of hydrogen-bond donors (Lipinski definition) is 1. The second kappa shape index (κ2) is 6.10. The molecule has 0 amide bonds. The third kappa shape index (κ3) is 2.54. The van der Waals surface area contributed by atoms with E-state index in [0.29, 0.717) is 11.8 Å². The molecule has 3 rings (SSSR count). The fourth-order valence-corrected chi connectivity index (χ4v) is 3.80. The van der Waals surface area contributed by atoms with Gasteiger partial charge in [0.15, 0.2) is 0 Å². The van der Waals surface area contributed by atoms with Crippen molar-refractivity contribution in [1.82, 2.24) is 14.9 Å². The monoisotopic (exact) mass is 333 g/mol. The summed E-state index contributed by atoms with van der Waals surface area (Å²) >= 11 is 3.71. The Bertz CT molecular complexity index is 579. The maximum Gasteiger partial charge on any atom is 0.0948 e. The quantitative estimate of drug-likeness (QED) is 0.931. The van der Waals surface area contributed by atoms with Crippen LogP contribution in [-0.4, -0.2) is 22.6 Å². The summed E-state index contributed by atoms with van der Waals surface area (Å²) in [5.74, 6) is 1.04. The number of aromatic nitrogens is 2. The van der Waals surface area contributed by atoms with Gasteiger partial charge in [-0.15, -0.1) is 0 Å². The van der Waals surface area contributed by atoms with Crippen LogP contribution >= 0.6 is 15.9 Å². The molecule has 20 heavy (non-hydrogen) atoms. The summed E-state index contributed by atoms with van der Waals surface area (Å²) in [6.07, 6.45) is 5.16. The number of benzene rings is 1. The zero-order chi connectivity index (χ0) is 13.9.